The maximum absolute atomic E-state index is 13.9. The Hall–Kier alpha value is -9.95. The smallest absolute Gasteiger partial charge is 0.416 e. The van der Waals surface area contributed by atoms with Crippen LogP contribution in [0.5, 0.6) is 11.5 Å². The Morgan fingerprint density at radius 2 is 0.504 bits per heavy atom. The molecule has 0 atom stereocenters. The number of rotatable bonds is 7. The molecule has 0 saturated carbocycles. The molecule has 0 aliphatic rings. The summed E-state index contributed by atoms with van der Waals surface area (Å²) < 4.78 is 163. The Labute approximate surface area is 689 Å². The number of ether oxygens (including phenoxy) is 1. The third kappa shape index (κ3) is 24.8. The van der Waals surface area contributed by atoms with Crippen LogP contribution in [0.25, 0.3) is 11.1 Å². The Morgan fingerprint density at radius 3 is 0.829 bits per heavy atom. The minimum Gasteiger partial charge on any atom is -0.457 e. The van der Waals surface area contributed by atoms with Gasteiger partial charge in [-0.1, -0.05) is 121 Å². The van der Waals surface area contributed by atoms with Crippen LogP contribution in [0.4, 0.5) is 52.7 Å². The SMILES string of the molecule is Cc1c(C)c(C(F)(F)F)c(C)c(C)c1C(F)(F)F.Cc1cc(C)c(C)c(C(F)(F)F)c1C.Cc1cc(C)c(C)cc1C.Cc1ccc(-c2ccc(C)c(C)c2)cc1C.Cc1ccc(C(=O)c2cc(C)c(C)cc2C)cc1C.Cc1ccc(C(C)(c2ccc(C)c(C)c2)C(F)(F)F)cc1C.Cc1ccc(Oc2cc(C)c(C)cc2C)cc1C. The highest BCUT2D eigenvalue weighted by molar-refractivity contribution is 6.10. The minimum absolute atomic E-state index is 0.115. The van der Waals surface area contributed by atoms with Gasteiger partial charge < -0.3 is 4.74 Å². The first kappa shape index (κ1) is 97.6. The van der Waals surface area contributed by atoms with Gasteiger partial charge in [-0.05, 0) is 434 Å². The van der Waals surface area contributed by atoms with E-state index < -0.39 is 46.8 Å². The molecule has 117 heavy (non-hydrogen) atoms. The molecule has 0 amide bonds. The molecular formula is C103H118F12O2. The number of halogens is 12. The van der Waals surface area contributed by atoms with E-state index in [1.54, 1.807) is 56.3 Å². The van der Waals surface area contributed by atoms with Crippen molar-refractivity contribution in [2.75, 3.05) is 0 Å². The molecule has 11 aromatic carbocycles. The number of hydrogen-bond acceptors (Lipinski definition) is 2. The zero-order valence-electron chi connectivity index (χ0n) is 74.3. The minimum atomic E-state index is -4.65. The third-order valence-electron chi connectivity index (χ3n) is 23.4. The first-order chi connectivity index (χ1) is 53.8. The van der Waals surface area contributed by atoms with Crippen LogP contribution in [0.3, 0.4) is 0 Å². The highest BCUT2D eigenvalue weighted by Crippen LogP contribution is 2.48. The molecule has 11 rings (SSSR count). The molecule has 0 fully saturated rings. The van der Waals surface area contributed by atoms with Gasteiger partial charge in [0.15, 0.2) is 5.78 Å². The van der Waals surface area contributed by atoms with E-state index in [1.165, 1.54) is 115 Å². The summed E-state index contributed by atoms with van der Waals surface area (Å²) in [5, 5.41) is 0. The molecule has 14 heteroatoms. The summed E-state index contributed by atoms with van der Waals surface area (Å²) in [4.78, 5) is 12.6. The van der Waals surface area contributed by atoms with Crippen LogP contribution < -0.4 is 4.74 Å². The highest BCUT2D eigenvalue weighted by Gasteiger charge is 2.53. The molecule has 0 aromatic heterocycles. The molecule has 2 nitrogen and oxygen atoms in total. The van der Waals surface area contributed by atoms with Gasteiger partial charge in [0.25, 0.3) is 0 Å². The van der Waals surface area contributed by atoms with Gasteiger partial charge in [0.1, 0.15) is 16.9 Å². The number of aryl methyl sites for hydroxylation is 24. The monoisotopic (exact) mass is 1610 g/mol. The molecule has 0 unspecified atom stereocenters. The van der Waals surface area contributed by atoms with E-state index in [9.17, 15) is 57.5 Å². The number of ketones is 1. The van der Waals surface area contributed by atoms with Gasteiger partial charge in [0, 0.05) is 11.1 Å². The van der Waals surface area contributed by atoms with E-state index >= 15 is 0 Å². The predicted molar refractivity (Wildman–Crippen MR) is 463 cm³/mol. The van der Waals surface area contributed by atoms with Crippen molar-refractivity contribution in [1.82, 2.24) is 0 Å². The molecule has 0 saturated heterocycles. The Kier molecular flexibility index (Phi) is 33.0. The number of carbonyl (C=O) groups excluding carboxylic acids is 1. The number of benzene rings is 11. The lowest BCUT2D eigenvalue weighted by molar-refractivity contribution is -0.173. The van der Waals surface area contributed by atoms with Crippen LogP contribution in [0.2, 0.25) is 0 Å². The van der Waals surface area contributed by atoms with E-state index in [0.717, 1.165) is 89.3 Å². The standard InChI is InChI=1S/C19H21F3.C18H20O.C17H20O.C16H18.C12H12F6.C11H13F3.C10H14/c1-12-6-8-16(10-14(12)3)18(5,19(20,21)22)17-9-7-13(2)15(4)11-17;1-11-6-7-16(9-13(11)3)18(19)17-10-14(4)12(2)8-15(17)5;1-11-6-7-16(9-13(11)3)18-17-10-14(4)12(2)8-15(17)5;1-11-5-7-15(9-13(11)3)16-8-6-12(2)14(4)10-16;1-5-6(2)10(12(16,17)18)8(4)7(3)9(5)11(13,14)15;1-6-5-7(2)9(4)10(8(6)3)11(12,13)14;1-7-5-9(3)10(4)6-8(7)2/h6-11H,1-5H3;6-10H,1-5H3;6-10H,1-5H3;5-10H,1-4H3;1-4H3;5H,1-4H3;5-6H,1-4H3. The second-order valence-electron chi connectivity index (χ2n) is 32.1. The van der Waals surface area contributed by atoms with Gasteiger partial charge in [-0.2, -0.15) is 52.7 Å². The van der Waals surface area contributed by atoms with Crippen molar-refractivity contribution in [2.24, 2.45) is 0 Å². The van der Waals surface area contributed by atoms with Crippen LogP contribution in [0.1, 0.15) is 218 Å². The molecule has 0 aliphatic heterocycles. The van der Waals surface area contributed by atoms with Crippen LogP contribution in [0, 0.1) is 208 Å². The zero-order chi connectivity index (χ0) is 89.1. The van der Waals surface area contributed by atoms with Gasteiger partial charge in [-0.25, -0.2) is 0 Å². The molecule has 0 N–H and O–H groups in total. The quantitative estimate of drug-likeness (QED) is 0.117. The molecular weight excluding hydrogens is 1500 g/mol. The Bertz CT molecular complexity index is 5150. The molecule has 0 radical (unpaired) electrons. The van der Waals surface area contributed by atoms with Gasteiger partial charge in [0.2, 0.25) is 0 Å². The first-order valence-electron chi connectivity index (χ1n) is 39.1. The van der Waals surface area contributed by atoms with Crippen LogP contribution in [-0.2, 0) is 23.9 Å². The van der Waals surface area contributed by atoms with Crippen molar-refractivity contribution in [3.05, 3.63) is 358 Å². The second kappa shape index (κ2) is 39.5. The average Bonchev–Trinajstić information content (AvgIpc) is 0.751. The second-order valence-corrected chi connectivity index (χ2v) is 32.1. The van der Waals surface area contributed by atoms with E-state index in [0.29, 0.717) is 22.3 Å². The van der Waals surface area contributed by atoms with Crippen molar-refractivity contribution in [3.8, 4) is 22.6 Å². The molecule has 0 heterocycles. The van der Waals surface area contributed by atoms with Gasteiger partial charge in [-0.3, -0.25) is 4.79 Å². The fourth-order valence-corrected chi connectivity index (χ4v) is 13.5. The van der Waals surface area contributed by atoms with Crippen molar-refractivity contribution in [1.29, 1.82) is 0 Å². The molecule has 0 aliphatic carbocycles. The van der Waals surface area contributed by atoms with E-state index in [4.69, 9.17) is 4.74 Å². The Morgan fingerprint density at radius 1 is 0.239 bits per heavy atom. The van der Waals surface area contributed by atoms with Crippen LogP contribution >= 0.6 is 0 Å². The summed E-state index contributed by atoms with van der Waals surface area (Å²) in [6.45, 7) is 57.5. The summed E-state index contributed by atoms with van der Waals surface area (Å²) in [6.07, 6.45) is -17.9. The Balaban J connectivity index is 0.000000246. The van der Waals surface area contributed by atoms with Gasteiger partial charge in [-0.15, -0.1) is 0 Å². The molecule has 0 spiro atoms. The highest BCUT2D eigenvalue weighted by atomic mass is 19.4. The van der Waals surface area contributed by atoms with E-state index in [1.807, 2.05) is 78.8 Å². The van der Waals surface area contributed by atoms with Crippen molar-refractivity contribution in [2.45, 2.75) is 245 Å². The lowest BCUT2D eigenvalue weighted by Crippen LogP contribution is -2.40. The summed E-state index contributed by atoms with van der Waals surface area (Å²) in [5.41, 5.74) is 27.8. The normalized spacial score (nSPS) is 11.4. The summed E-state index contributed by atoms with van der Waals surface area (Å²) in [5.74, 6) is 1.97. The number of hydrogen-bond donors (Lipinski definition) is 0. The van der Waals surface area contributed by atoms with Crippen LogP contribution in [0.15, 0.2) is 152 Å². The largest absolute Gasteiger partial charge is 0.457 e. The lowest BCUT2D eigenvalue weighted by atomic mass is 9.74. The molecule has 11 aromatic rings. The van der Waals surface area contributed by atoms with Gasteiger partial charge >= 0.3 is 24.7 Å². The zero-order valence-corrected chi connectivity index (χ0v) is 74.3. The van der Waals surface area contributed by atoms with Crippen molar-refractivity contribution in [3.63, 3.8) is 0 Å². The molecule has 0 bridgehead atoms. The third-order valence-corrected chi connectivity index (χ3v) is 23.4. The summed E-state index contributed by atoms with van der Waals surface area (Å²) in [7, 11) is 0. The average molecular weight is 1620 g/mol. The van der Waals surface area contributed by atoms with Crippen molar-refractivity contribution < 1.29 is 62.2 Å². The van der Waals surface area contributed by atoms with Gasteiger partial charge in [0.05, 0.1) is 16.7 Å². The topological polar surface area (TPSA) is 26.3 Å². The fourth-order valence-electron chi connectivity index (χ4n) is 13.5. The van der Waals surface area contributed by atoms with Crippen molar-refractivity contribution >= 4 is 5.78 Å². The molecule has 626 valence electrons. The number of carbonyl (C=O) groups is 1. The lowest BCUT2D eigenvalue weighted by Gasteiger charge is -2.34. The first-order valence-corrected chi connectivity index (χ1v) is 39.1. The van der Waals surface area contributed by atoms with E-state index in [2.05, 4.69) is 183 Å². The fraction of sp³-hybridized carbons (Fsp3) is 0.350. The predicted octanol–water partition coefficient (Wildman–Crippen LogP) is 31.7. The summed E-state index contributed by atoms with van der Waals surface area (Å²) in [6, 6.07) is 50.1. The van der Waals surface area contributed by atoms with Crippen LogP contribution in [-0.4, -0.2) is 12.0 Å². The van der Waals surface area contributed by atoms with E-state index in [-0.39, 0.29) is 39.2 Å². The number of alkyl halides is 12. The maximum atomic E-state index is 13.9. The maximum Gasteiger partial charge on any atom is 0.416 e. The summed E-state index contributed by atoms with van der Waals surface area (Å²) >= 11 is 0.